The standard InChI is InChI=1S/C16H27NO4/c1-7-11(2)13(17-3)10-21-12-8-14(18-4)16(20-6)15(9-12)19-5/h8-9,11,13,17H,7,10H2,1-6H3. The molecule has 0 saturated heterocycles. The van der Waals surface area contributed by atoms with Crippen LogP contribution in [0.1, 0.15) is 20.3 Å². The number of methoxy groups -OCH3 is 3. The number of hydrogen-bond acceptors (Lipinski definition) is 5. The Morgan fingerprint density at radius 3 is 2.00 bits per heavy atom. The van der Waals surface area contributed by atoms with Crippen molar-refractivity contribution in [2.45, 2.75) is 26.3 Å². The van der Waals surface area contributed by atoms with Crippen LogP contribution in [-0.2, 0) is 0 Å². The maximum atomic E-state index is 5.89. The van der Waals surface area contributed by atoms with E-state index in [9.17, 15) is 0 Å². The number of ether oxygens (including phenoxy) is 4. The highest BCUT2D eigenvalue weighted by molar-refractivity contribution is 5.55. The van der Waals surface area contributed by atoms with Crippen molar-refractivity contribution in [3.8, 4) is 23.0 Å². The third kappa shape index (κ3) is 4.43. The molecule has 120 valence electrons. The molecule has 5 nitrogen and oxygen atoms in total. The molecule has 1 aromatic rings. The van der Waals surface area contributed by atoms with E-state index in [1.165, 1.54) is 0 Å². The van der Waals surface area contributed by atoms with E-state index < -0.39 is 0 Å². The van der Waals surface area contributed by atoms with Gasteiger partial charge in [-0.05, 0) is 13.0 Å². The molecule has 0 bridgehead atoms. The number of benzene rings is 1. The van der Waals surface area contributed by atoms with Gasteiger partial charge in [-0.3, -0.25) is 0 Å². The third-order valence-electron chi connectivity index (χ3n) is 3.77. The predicted octanol–water partition coefficient (Wildman–Crippen LogP) is 2.73. The Kier molecular flexibility index (Phi) is 7.15. The van der Waals surface area contributed by atoms with Gasteiger partial charge in [-0.2, -0.15) is 0 Å². The first-order valence-electron chi connectivity index (χ1n) is 7.21. The Bertz CT molecular complexity index is 411. The molecule has 21 heavy (non-hydrogen) atoms. The molecule has 0 spiro atoms. The van der Waals surface area contributed by atoms with Crippen molar-refractivity contribution >= 4 is 0 Å². The van der Waals surface area contributed by atoms with Crippen LogP contribution < -0.4 is 24.3 Å². The second-order valence-corrected chi connectivity index (χ2v) is 4.95. The van der Waals surface area contributed by atoms with E-state index in [1.54, 1.807) is 21.3 Å². The average molecular weight is 297 g/mol. The van der Waals surface area contributed by atoms with E-state index >= 15 is 0 Å². The molecule has 0 heterocycles. The molecule has 0 aliphatic rings. The Morgan fingerprint density at radius 2 is 1.62 bits per heavy atom. The zero-order valence-electron chi connectivity index (χ0n) is 13.9. The number of hydrogen-bond donors (Lipinski definition) is 1. The topological polar surface area (TPSA) is 49.0 Å². The third-order valence-corrected chi connectivity index (χ3v) is 3.77. The van der Waals surface area contributed by atoms with Crippen LogP contribution in [0.25, 0.3) is 0 Å². The minimum Gasteiger partial charge on any atom is -0.493 e. The normalized spacial score (nSPS) is 13.4. The van der Waals surface area contributed by atoms with Gasteiger partial charge in [0.15, 0.2) is 11.5 Å². The molecule has 0 radical (unpaired) electrons. The van der Waals surface area contributed by atoms with Crippen molar-refractivity contribution in [2.24, 2.45) is 5.92 Å². The van der Waals surface area contributed by atoms with Gasteiger partial charge in [-0.15, -0.1) is 0 Å². The molecule has 0 aliphatic heterocycles. The van der Waals surface area contributed by atoms with Gasteiger partial charge >= 0.3 is 0 Å². The van der Waals surface area contributed by atoms with E-state index in [0.29, 0.717) is 41.6 Å². The molecule has 0 aliphatic carbocycles. The van der Waals surface area contributed by atoms with E-state index in [2.05, 4.69) is 19.2 Å². The van der Waals surface area contributed by atoms with E-state index in [4.69, 9.17) is 18.9 Å². The summed E-state index contributed by atoms with van der Waals surface area (Å²) in [6.07, 6.45) is 1.10. The molecule has 2 atom stereocenters. The highest BCUT2D eigenvalue weighted by Crippen LogP contribution is 2.40. The van der Waals surface area contributed by atoms with E-state index in [1.807, 2.05) is 19.2 Å². The second-order valence-electron chi connectivity index (χ2n) is 4.95. The van der Waals surface area contributed by atoms with Crippen molar-refractivity contribution in [2.75, 3.05) is 35.0 Å². The lowest BCUT2D eigenvalue weighted by atomic mass is 10.0. The van der Waals surface area contributed by atoms with Gasteiger partial charge in [0, 0.05) is 18.2 Å². The Morgan fingerprint density at radius 1 is 1.05 bits per heavy atom. The van der Waals surface area contributed by atoms with Crippen molar-refractivity contribution in [1.29, 1.82) is 0 Å². The van der Waals surface area contributed by atoms with Crippen LogP contribution in [0, 0.1) is 5.92 Å². The highest BCUT2D eigenvalue weighted by atomic mass is 16.5. The monoisotopic (exact) mass is 297 g/mol. The molecule has 0 aromatic heterocycles. The summed E-state index contributed by atoms with van der Waals surface area (Å²) in [4.78, 5) is 0. The minimum atomic E-state index is 0.300. The first kappa shape index (κ1) is 17.4. The molecular formula is C16H27NO4. The summed E-state index contributed by atoms with van der Waals surface area (Å²) in [7, 11) is 6.73. The van der Waals surface area contributed by atoms with Gasteiger partial charge < -0.3 is 24.3 Å². The van der Waals surface area contributed by atoms with Gasteiger partial charge in [0.05, 0.1) is 21.3 Å². The Hall–Kier alpha value is -1.62. The van der Waals surface area contributed by atoms with Crippen LogP contribution in [0.4, 0.5) is 0 Å². The van der Waals surface area contributed by atoms with Crippen molar-refractivity contribution in [1.82, 2.24) is 5.32 Å². The maximum absolute atomic E-state index is 5.89. The van der Waals surface area contributed by atoms with Crippen LogP contribution in [0.3, 0.4) is 0 Å². The van der Waals surface area contributed by atoms with E-state index in [-0.39, 0.29) is 0 Å². The molecule has 5 heteroatoms. The van der Waals surface area contributed by atoms with Gasteiger partial charge in [0.25, 0.3) is 0 Å². The summed E-state index contributed by atoms with van der Waals surface area (Å²) in [5.41, 5.74) is 0. The quantitative estimate of drug-likeness (QED) is 0.759. The van der Waals surface area contributed by atoms with Crippen LogP contribution in [0.15, 0.2) is 12.1 Å². The lowest BCUT2D eigenvalue weighted by Gasteiger charge is -2.23. The van der Waals surface area contributed by atoms with Gasteiger partial charge in [-0.25, -0.2) is 0 Å². The fourth-order valence-electron chi connectivity index (χ4n) is 2.14. The first-order valence-corrected chi connectivity index (χ1v) is 7.21. The molecule has 1 rings (SSSR count). The molecule has 1 N–H and O–H groups in total. The van der Waals surface area contributed by atoms with Crippen LogP contribution >= 0.6 is 0 Å². The number of rotatable bonds is 9. The largest absolute Gasteiger partial charge is 0.493 e. The zero-order valence-corrected chi connectivity index (χ0v) is 13.9. The predicted molar refractivity (Wildman–Crippen MR) is 83.9 cm³/mol. The smallest absolute Gasteiger partial charge is 0.203 e. The maximum Gasteiger partial charge on any atom is 0.203 e. The molecule has 0 amide bonds. The second kappa shape index (κ2) is 8.62. The van der Waals surface area contributed by atoms with Crippen LogP contribution in [0.5, 0.6) is 23.0 Å². The van der Waals surface area contributed by atoms with Crippen LogP contribution in [0.2, 0.25) is 0 Å². The summed E-state index contributed by atoms with van der Waals surface area (Å²) in [5, 5.41) is 3.29. The Labute approximate surface area is 127 Å². The highest BCUT2D eigenvalue weighted by Gasteiger charge is 2.17. The molecule has 0 saturated carbocycles. The van der Waals surface area contributed by atoms with Gasteiger partial charge in [-0.1, -0.05) is 20.3 Å². The summed E-state index contributed by atoms with van der Waals surface area (Å²) in [6, 6.07) is 3.92. The van der Waals surface area contributed by atoms with Crippen molar-refractivity contribution < 1.29 is 18.9 Å². The average Bonchev–Trinajstić information content (AvgIpc) is 2.53. The van der Waals surface area contributed by atoms with Gasteiger partial charge in [0.2, 0.25) is 5.75 Å². The van der Waals surface area contributed by atoms with Crippen molar-refractivity contribution in [3.63, 3.8) is 0 Å². The molecule has 2 unspecified atom stereocenters. The first-order chi connectivity index (χ1) is 10.1. The van der Waals surface area contributed by atoms with Crippen molar-refractivity contribution in [3.05, 3.63) is 12.1 Å². The summed E-state index contributed by atoms with van der Waals surface area (Å²) < 4.78 is 21.8. The summed E-state index contributed by atoms with van der Waals surface area (Å²) in [5.74, 6) is 3.00. The lowest BCUT2D eigenvalue weighted by molar-refractivity contribution is 0.225. The number of likely N-dealkylation sites (N-methyl/N-ethyl adjacent to an activating group) is 1. The fourth-order valence-corrected chi connectivity index (χ4v) is 2.14. The van der Waals surface area contributed by atoms with Crippen LogP contribution in [-0.4, -0.2) is 41.0 Å². The molecular weight excluding hydrogens is 270 g/mol. The summed E-state index contributed by atoms with van der Waals surface area (Å²) >= 11 is 0. The zero-order chi connectivity index (χ0) is 15.8. The summed E-state index contributed by atoms with van der Waals surface area (Å²) in [6.45, 7) is 4.97. The fraction of sp³-hybridized carbons (Fsp3) is 0.625. The molecule has 1 aromatic carbocycles. The lowest BCUT2D eigenvalue weighted by Crippen LogP contribution is -2.37. The van der Waals surface area contributed by atoms with E-state index in [0.717, 1.165) is 6.42 Å². The SMILES string of the molecule is CCC(C)C(COc1cc(OC)c(OC)c(OC)c1)NC. The minimum absolute atomic E-state index is 0.300. The van der Waals surface area contributed by atoms with Gasteiger partial charge in [0.1, 0.15) is 12.4 Å². The Balaban J connectivity index is 2.88. The molecule has 0 fully saturated rings. The number of nitrogens with one attached hydrogen (secondary N) is 1.